The zero-order valence-electron chi connectivity index (χ0n) is 15.7. The van der Waals surface area contributed by atoms with Gasteiger partial charge in [-0.25, -0.2) is 0 Å². The fraction of sp³-hybridized carbons (Fsp3) is 0.409. The Bertz CT molecular complexity index is 700. The Morgan fingerprint density at radius 1 is 1.00 bits per heavy atom. The molecule has 0 atom stereocenters. The van der Waals surface area contributed by atoms with Gasteiger partial charge in [-0.15, -0.1) is 0 Å². The van der Waals surface area contributed by atoms with Crippen molar-refractivity contribution in [1.29, 1.82) is 0 Å². The Morgan fingerprint density at radius 2 is 1.74 bits per heavy atom. The number of benzene rings is 2. The molecule has 144 valence electrons. The third-order valence-corrected chi connectivity index (χ3v) is 4.69. The summed E-state index contributed by atoms with van der Waals surface area (Å²) in [5, 5.41) is 3.04. The monoisotopic (exact) mass is 368 g/mol. The summed E-state index contributed by atoms with van der Waals surface area (Å²) in [5.41, 5.74) is 1.58. The van der Waals surface area contributed by atoms with Crippen LogP contribution in [0.4, 0.5) is 0 Å². The van der Waals surface area contributed by atoms with Crippen LogP contribution in [0.3, 0.4) is 0 Å². The highest BCUT2D eigenvalue weighted by atomic mass is 16.5. The molecule has 0 saturated carbocycles. The van der Waals surface area contributed by atoms with Gasteiger partial charge in [0.25, 0.3) is 5.91 Å². The maximum atomic E-state index is 12.5. The van der Waals surface area contributed by atoms with E-state index < -0.39 is 0 Å². The summed E-state index contributed by atoms with van der Waals surface area (Å²) in [6, 6.07) is 17.3. The molecule has 1 fully saturated rings. The van der Waals surface area contributed by atoms with Crippen molar-refractivity contribution in [3.8, 4) is 5.75 Å². The van der Waals surface area contributed by atoms with Crippen molar-refractivity contribution in [2.24, 2.45) is 0 Å². The van der Waals surface area contributed by atoms with Crippen LogP contribution in [0.5, 0.6) is 5.75 Å². The van der Waals surface area contributed by atoms with E-state index in [1.54, 1.807) is 0 Å². The molecule has 5 nitrogen and oxygen atoms in total. The number of carbonyl (C=O) groups is 1. The summed E-state index contributed by atoms with van der Waals surface area (Å²) >= 11 is 0. The second-order valence-corrected chi connectivity index (χ2v) is 6.68. The molecule has 0 spiro atoms. The first-order valence-electron chi connectivity index (χ1n) is 9.67. The van der Waals surface area contributed by atoms with Crippen molar-refractivity contribution in [1.82, 2.24) is 10.2 Å². The second-order valence-electron chi connectivity index (χ2n) is 6.68. The minimum Gasteiger partial charge on any atom is -0.489 e. The summed E-state index contributed by atoms with van der Waals surface area (Å²) in [6.45, 7) is 5.84. The van der Waals surface area contributed by atoms with E-state index in [1.165, 1.54) is 0 Å². The predicted octanol–water partition coefficient (Wildman–Crippen LogP) is 3.11. The molecule has 2 aromatic carbocycles. The molecule has 1 aliphatic heterocycles. The molecule has 5 heteroatoms. The fourth-order valence-electron chi connectivity index (χ4n) is 3.13. The quantitative estimate of drug-likeness (QED) is 0.691. The van der Waals surface area contributed by atoms with Crippen molar-refractivity contribution >= 4 is 5.91 Å². The molecule has 27 heavy (non-hydrogen) atoms. The van der Waals surface area contributed by atoms with E-state index in [-0.39, 0.29) is 5.91 Å². The van der Waals surface area contributed by atoms with Crippen LogP contribution in [0, 0.1) is 0 Å². The van der Waals surface area contributed by atoms with Gasteiger partial charge in [-0.3, -0.25) is 9.69 Å². The van der Waals surface area contributed by atoms with Gasteiger partial charge in [-0.05, 0) is 37.6 Å². The van der Waals surface area contributed by atoms with E-state index in [4.69, 9.17) is 9.47 Å². The lowest BCUT2D eigenvalue weighted by Crippen LogP contribution is -2.37. The van der Waals surface area contributed by atoms with Gasteiger partial charge in [-0.1, -0.05) is 36.4 Å². The number of unbranched alkanes of at least 4 members (excludes halogenated alkanes) is 1. The standard InChI is InChI=1S/C22H28N2O3/c25-22(23-12-6-7-13-24-14-16-26-17-15-24)21-11-5-4-8-19(21)18-27-20-9-2-1-3-10-20/h1-5,8-11H,6-7,12-18H2,(H,23,25). The number of hydrogen-bond acceptors (Lipinski definition) is 4. The van der Waals surface area contributed by atoms with E-state index in [0.717, 1.165) is 57.0 Å². The Morgan fingerprint density at radius 3 is 2.56 bits per heavy atom. The molecule has 1 saturated heterocycles. The molecule has 0 aliphatic carbocycles. The van der Waals surface area contributed by atoms with Gasteiger partial charge >= 0.3 is 0 Å². The van der Waals surface area contributed by atoms with Gasteiger partial charge in [-0.2, -0.15) is 0 Å². The van der Waals surface area contributed by atoms with Gasteiger partial charge in [0.1, 0.15) is 12.4 Å². The van der Waals surface area contributed by atoms with Gasteiger partial charge in [0, 0.05) is 30.8 Å². The highest BCUT2D eigenvalue weighted by molar-refractivity contribution is 5.95. The number of nitrogens with zero attached hydrogens (tertiary/aromatic N) is 1. The van der Waals surface area contributed by atoms with E-state index in [9.17, 15) is 4.79 Å². The van der Waals surface area contributed by atoms with E-state index in [1.807, 2.05) is 54.6 Å². The van der Waals surface area contributed by atoms with Crippen molar-refractivity contribution in [2.75, 3.05) is 39.4 Å². The van der Waals surface area contributed by atoms with Crippen LogP contribution in [0.25, 0.3) is 0 Å². The van der Waals surface area contributed by atoms with E-state index in [2.05, 4.69) is 10.2 Å². The van der Waals surface area contributed by atoms with Crippen LogP contribution in [0.1, 0.15) is 28.8 Å². The number of morpholine rings is 1. The number of para-hydroxylation sites is 1. The van der Waals surface area contributed by atoms with E-state index in [0.29, 0.717) is 18.7 Å². The Balaban J connectivity index is 1.42. The minimum atomic E-state index is -0.0337. The summed E-state index contributed by atoms with van der Waals surface area (Å²) in [4.78, 5) is 15.0. The second kappa shape index (κ2) is 10.7. The molecule has 1 heterocycles. The number of amides is 1. The molecule has 3 rings (SSSR count). The molecule has 2 aromatic rings. The van der Waals surface area contributed by atoms with Gasteiger partial charge in [0.05, 0.1) is 13.2 Å². The molecular weight excluding hydrogens is 340 g/mol. The highest BCUT2D eigenvalue weighted by Crippen LogP contribution is 2.14. The molecule has 0 aromatic heterocycles. The average Bonchev–Trinajstić information content (AvgIpc) is 2.73. The Hall–Kier alpha value is -2.37. The normalized spacial score (nSPS) is 14.7. The maximum absolute atomic E-state index is 12.5. The molecule has 1 aliphatic rings. The predicted molar refractivity (Wildman–Crippen MR) is 106 cm³/mol. The fourth-order valence-corrected chi connectivity index (χ4v) is 3.13. The molecule has 0 radical (unpaired) electrons. The topological polar surface area (TPSA) is 50.8 Å². The maximum Gasteiger partial charge on any atom is 0.251 e. The van der Waals surface area contributed by atoms with Gasteiger partial charge in [0.2, 0.25) is 0 Å². The van der Waals surface area contributed by atoms with Crippen molar-refractivity contribution in [2.45, 2.75) is 19.4 Å². The van der Waals surface area contributed by atoms with E-state index >= 15 is 0 Å². The van der Waals surface area contributed by atoms with Crippen LogP contribution in [0.15, 0.2) is 54.6 Å². The van der Waals surface area contributed by atoms with Gasteiger partial charge < -0.3 is 14.8 Å². The largest absolute Gasteiger partial charge is 0.489 e. The third-order valence-electron chi connectivity index (χ3n) is 4.69. The smallest absolute Gasteiger partial charge is 0.251 e. The zero-order chi connectivity index (χ0) is 18.7. The Kier molecular flexibility index (Phi) is 7.69. The van der Waals surface area contributed by atoms with Crippen molar-refractivity contribution in [3.63, 3.8) is 0 Å². The van der Waals surface area contributed by atoms with Crippen LogP contribution in [0.2, 0.25) is 0 Å². The minimum absolute atomic E-state index is 0.0337. The first-order chi connectivity index (χ1) is 13.3. The lowest BCUT2D eigenvalue weighted by atomic mass is 10.1. The van der Waals surface area contributed by atoms with Crippen LogP contribution < -0.4 is 10.1 Å². The zero-order valence-corrected chi connectivity index (χ0v) is 15.7. The lowest BCUT2D eigenvalue weighted by molar-refractivity contribution is 0.0372. The average molecular weight is 368 g/mol. The molecule has 1 N–H and O–H groups in total. The first kappa shape index (κ1) is 19.4. The van der Waals surface area contributed by atoms with Crippen LogP contribution in [-0.4, -0.2) is 50.2 Å². The number of carbonyl (C=O) groups excluding carboxylic acids is 1. The van der Waals surface area contributed by atoms with Gasteiger partial charge in [0.15, 0.2) is 0 Å². The number of nitrogens with one attached hydrogen (secondary N) is 1. The Labute approximate surface area is 161 Å². The summed E-state index contributed by atoms with van der Waals surface area (Å²) in [7, 11) is 0. The molecule has 0 unspecified atom stereocenters. The lowest BCUT2D eigenvalue weighted by Gasteiger charge is -2.26. The van der Waals surface area contributed by atoms with Crippen LogP contribution in [-0.2, 0) is 11.3 Å². The number of hydrogen-bond donors (Lipinski definition) is 1. The third kappa shape index (κ3) is 6.38. The molecule has 1 amide bonds. The first-order valence-corrected chi connectivity index (χ1v) is 9.67. The SMILES string of the molecule is O=C(NCCCCN1CCOCC1)c1ccccc1COc1ccccc1. The van der Waals surface area contributed by atoms with Crippen molar-refractivity contribution in [3.05, 3.63) is 65.7 Å². The van der Waals surface area contributed by atoms with Crippen molar-refractivity contribution < 1.29 is 14.3 Å². The number of ether oxygens (including phenoxy) is 2. The summed E-state index contributed by atoms with van der Waals surface area (Å²) in [5.74, 6) is 0.768. The molecule has 0 bridgehead atoms. The van der Waals surface area contributed by atoms with Crippen LogP contribution >= 0.6 is 0 Å². The highest BCUT2D eigenvalue weighted by Gasteiger charge is 2.12. The molecular formula is C22H28N2O3. The number of rotatable bonds is 9. The summed E-state index contributed by atoms with van der Waals surface area (Å²) < 4.78 is 11.2. The summed E-state index contributed by atoms with van der Waals surface area (Å²) in [6.07, 6.45) is 2.06.